The molecule has 0 fully saturated rings. The Morgan fingerprint density at radius 1 is 1.39 bits per heavy atom. The van der Waals surface area contributed by atoms with Crippen molar-refractivity contribution in [3.8, 4) is 0 Å². The lowest BCUT2D eigenvalue weighted by molar-refractivity contribution is 0.106. The molecule has 0 radical (unpaired) electrons. The van der Waals surface area contributed by atoms with Gasteiger partial charge in [-0.1, -0.05) is 0 Å². The summed E-state index contributed by atoms with van der Waals surface area (Å²) in [6, 6.07) is 3.79. The second-order valence-corrected chi connectivity index (χ2v) is 6.74. The number of halogens is 2. The van der Waals surface area contributed by atoms with Gasteiger partial charge in [-0.2, -0.15) is 4.31 Å². The number of ether oxygens (including phenoxy) is 1. The van der Waals surface area contributed by atoms with Crippen LogP contribution in [-0.4, -0.2) is 50.5 Å². The molecule has 0 atom stereocenters. The third-order valence-electron chi connectivity index (χ3n) is 3.29. The van der Waals surface area contributed by atoms with Crippen molar-refractivity contribution in [3.05, 3.63) is 28.7 Å². The van der Waals surface area contributed by atoms with Crippen LogP contribution in [0.25, 0.3) is 11.1 Å². The number of hydrogen-bond acceptors (Lipinski definition) is 5. The van der Waals surface area contributed by atoms with Gasteiger partial charge in [-0.15, -0.1) is 0 Å². The quantitative estimate of drug-likeness (QED) is 0.745. The van der Waals surface area contributed by atoms with Crippen molar-refractivity contribution < 1.29 is 26.4 Å². The van der Waals surface area contributed by atoms with Crippen molar-refractivity contribution in [2.75, 3.05) is 26.8 Å². The third-order valence-corrected chi connectivity index (χ3v) is 5.15. The summed E-state index contributed by atoms with van der Waals surface area (Å²) in [5.74, 6) is -0.640. The average molecular weight is 350 g/mol. The molecule has 0 amide bonds. The highest BCUT2D eigenvalue weighted by Crippen LogP contribution is 2.21. The molecule has 0 N–H and O–H groups in total. The van der Waals surface area contributed by atoms with E-state index in [0.717, 1.165) is 6.07 Å². The summed E-state index contributed by atoms with van der Waals surface area (Å²) in [7, 11) is -1.34. The van der Waals surface area contributed by atoms with Crippen molar-refractivity contribution in [2.45, 2.75) is 11.3 Å². The van der Waals surface area contributed by atoms with Crippen molar-refractivity contribution in [1.82, 2.24) is 8.87 Å². The van der Waals surface area contributed by atoms with E-state index in [2.05, 4.69) is 0 Å². The molecular formula is C13H16F2N2O5S. The zero-order valence-electron chi connectivity index (χ0n) is 12.5. The maximum Gasteiger partial charge on any atom is 0.419 e. The summed E-state index contributed by atoms with van der Waals surface area (Å²) in [4.78, 5) is 11.2. The first-order chi connectivity index (χ1) is 10.8. The molecule has 128 valence electrons. The summed E-state index contributed by atoms with van der Waals surface area (Å²) in [6.07, 6.45) is -2.82. The lowest BCUT2D eigenvalue weighted by atomic mass is 10.3. The van der Waals surface area contributed by atoms with Crippen LogP contribution in [0.15, 0.2) is 32.3 Å². The second-order valence-electron chi connectivity index (χ2n) is 4.80. The van der Waals surface area contributed by atoms with E-state index in [9.17, 15) is 22.0 Å². The molecule has 10 heteroatoms. The minimum absolute atomic E-state index is 0.0192. The van der Waals surface area contributed by atoms with E-state index in [1.54, 1.807) is 0 Å². The number of fused-ring (bicyclic) bond motifs is 1. The Morgan fingerprint density at radius 2 is 2.09 bits per heavy atom. The van der Waals surface area contributed by atoms with E-state index in [1.165, 1.54) is 30.9 Å². The highest BCUT2D eigenvalue weighted by atomic mass is 32.2. The third kappa shape index (κ3) is 3.59. The Morgan fingerprint density at radius 3 is 2.70 bits per heavy atom. The van der Waals surface area contributed by atoms with Crippen LogP contribution >= 0.6 is 0 Å². The zero-order valence-corrected chi connectivity index (χ0v) is 13.3. The van der Waals surface area contributed by atoms with Crippen molar-refractivity contribution in [3.63, 3.8) is 0 Å². The molecule has 1 aromatic heterocycles. The van der Waals surface area contributed by atoms with E-state index < -0.39 is 28.7 Å². The summed E-state index contributed by atoms with van der Waals surface area (Å²) in [5, 5.41) is 0. The first-order valence-electron chi connectivity index (χ1n) is 6.64. The minimum Gasteiger partial charge on any atom is -0.408 e. The van der Waals surface area contributed by atoms with Gasteiger partial charge >= 0.3 is 5.76 Å². The van der Waals surface area contributed by atoms with Gasteiger partial charge in [0.25, 0.3) is 6.43 Å². The molecule has 0 spiro atoms. The monoisotopic (exact) mass is 350 g/mol. The van der Waals surface area contributed by atoms with Gasteiger partial charge < -0.3 is 9.15 Å². The molecule has 23 heavy (non-hydrogen) atoms. The number of sulfonamides is 1. The average Bonchev–Trinajstić information content (AvgIpc) is 2.77. The molecule has 0 aliphatic rings. The van der Waals surface area contributed by atoms with E-state index in [4.69, 9.17) is 9.15 Å². The van der Waals surface area contributed by atoms with Gasteiger partial charge in [0.2, 0.25) is 10.0 Å². The Hall–Kier alpha value is -1.78. The maximum atomic E-state index is 12.7. The van der Waals surface area contributed by atoms with E-state index in [-0.39, 0.29) is 23.6 Å². The molecule has 0 unspecified atom stereocenters. The molecule has 0 saturated carbocycles. The van der Waals surface area contributed by atoms with Crippen molar-refractivity contribution in [2.24, 2.45) is 7.05 Å². The first-order valence-corrected chi connectivity index (χ1v) is 8.08. The number of aromatic nitrogens is 1. The molecule has 2 aromatic rings. The molecule has 0 saturated heterocycles. The van der Waals surface area contributed by atoms with Gasteiger partial charge in [0.1, 0.15) is 0 Å². The van der Waals surface area contributed by atoms with Gasteiger partial charge in [0, 0.05) is 26.8 Å². The van der Waals surface area contributed by atoms with Gasteiger partial charge in [-0.05, 0) is 12.1 Å². The summed E-state index contributed by atoms with van der Waals surface area (Å²) < 4.78 is 61.9. The van der Waals surface area contributed by atoms with Crippen LogP contribution in [0.5, 0.6) is 0 Å². The fourth-order valence-corrected chi connectivity index (χ4v) is 3.50. The number of benzene rings is 1. The lowest BCUT2D eigenvalue weighted by Crippen LogP contribution is -2.37. The molecular weight excluding hydrogens is 334 g/mol. The Bertz CT molecular complexity index is 844. The van der Waals surface area contributed by atoms with E-state index in [0.29, 0.717) is 9.82 Å². The fourth-order valence-electron chi connectivity index (χ4n) is 2.08. The second kappa shape index (κ2) is 6.77. The number of hydrogen-bond donors (Lipinski definition) is 0. The van der Waals surface area contributed by atoms with Crippen LogP contribution in [0.2, 0.25) is 0 Å². The van der Waals surface area contributed by atoms with Gasteiger partial charge in [0.15, 0.2) is 5.58 Å². The zero-order chi connectivity index (χ0) is 17.2. The van der Waals surface area contributed by atoms with Crippen molar-refractivity contribution in [1.29, 1.82) is 0 Å². The number of nitrogens with zero attached hydrogens (tertiary/aromatic N) is 2. The van der Waals surface area contributed by atoms with Gasteiger partial charge in [-0.25, -0.2) is 22.0 Å². The highest BCUT2D eigenvalue weighted by Gasteiger charge is 2.27. The smallest absolute Gasteiger partial charge is 0.408 e. The number of aryl methyl sites for hydroxylation is 1. The normalized spacial score (nSPS) is 12.6. The fraction of sp³-hybridized carbons (Fsp3) is 0.462. The van der Waals surface area contributed by atoms with Crippen molar-refractivity contribution >= 4 is 21.1 Å². The Kier molecular flexibility index (Phi) is 5.17. The topological polar surface area (TPSA) is 81.8 Å². The molecule has 0 bridgehead atoms. The number of methoxy groups -OCH3 is 1. The molecule has 1 heterocycles. The standard InChI is InChI=1S/C13H16F2N2O5S/c1-16-10-4-3-9(7-11(10)22-13(16)18)23(19,20)17(5-6-21-2)8-12(14)15/h3-4,7,12H,5-6,8H2,1-2H3. The molecule has 7 nitrogen and oxygen atoms in total. The van der Waals surface area contributed by atoms with Gasteiger partial charge in [0.05, 0.1) is 23.6 Å². The molecule has 0 aliphatic heterocycles. The lowest BCUT2D eigenvalue weighted by Gasteiger charge is -2.21. The van der Waals surface area contributed by atoms with Crippen LogP contribution in [0.4, 0.5) is 8.78 Å². The van der Waals surface area contributed by atoms with E-state index >= 15 is 0 Å². The Balaban J connectivity index is 2.45. The SMILES string of the molecule is COCCN(CC(F)F)S(=O)(=O)c1ccc2c(c1)oc(=O)n2C. The Labute approximate surface area is 131 Å². The maximum absolute atomic E-state index is 12.7. The summed E-state index contributed by atoms with van der Waals surface area (Å²) in [5.41, 5.74) is 0.480. The van der Waals surface area contributed by atoms with Gasteiger partial charge in [-0.3, -0.25) is 4.57 Å². The van der Waals surface area contributed by atoms with Crippen LogP contribution < -0.4 is 5.76 Å². The van der Waals surface area contributed by atoms with E-state index in [1.807, 2.05) is 0 Å². The number of alkyl halides is 2. The largest absolute Gasteiger partial charge is 0.419 e. The first kappa shape index (κ1) is 17.6. The predicted octanol–water partition coefficient (Wildman–Crippen LogP) is 1.03. The molecule has 2 rings (SSSR count). The highest BCUT2D eigenvalue weighted by molar-refractivity contribution is 7.89. The molecule has 1 aromatic carbocycles. The summed E-state index contributed by atoms with van der Waals surface area (Å²) in [6.45, 7) is -1.17. The van der Waals surface area contributed by atoms with Crippen LogP contribution in [-0.2, 0) is 21.8 Å². The van der Waals surface area contributed by atoms with Crippen LogP contribution in [0.3, 0.4) is 0 Å². The van der Waals surface area contributed by atoms with Crippen LogP contribution in [0, 0.1) is 0 Å². The number of oxazole rings is 1. The predicted molar refractivity (Wildman–Crippen MR) is 78.1 cm³/mol. The molecule has 0 aliphatic carbocycles. The van der Waals surface area contributed by atoms with Crippen LogP contribution in [0.1, 0.15) is 0 Å². The minimum atomic E-state index is -4.16. The number of rotatable bonds is 7. The summed E-state index contributed by atoms with van der Waals surface area (Å²) >= 11 is 0.